The lowest BCUT2D eigenvalue weighted by atomic mass is 10.2. The zero-order chi connectivity index (χ0) is 20.0. The standard InChI is InChI=1S/C16H18IN5O4S/c1-3-26-14(24)7-12-15(25)22(18)16(21-20-12)27-8-13(23)19-11-5-4-10(17)6-9(11)2/h4-6H,3,7-8,18H2,1-2H3,(H,19,23). The van der Waals surface area contributed by atoms with E-state index >= 15 is 0 Å². The molecule has 3 N–H and O–H groups in total. The monoisotopic (exact) mass is 503 g/mol. The third kappa shape index (κ3) is 5.92. The quantitative estimate of drug-likeness (QED) is 0.249. The van der Waals surface area contributed by atoms with Gasteiger partial charge in [0.2, 0.25) is 11.1 Å². The highest BCUT2D eigenvalue weighted by atomic mass is 127. The van der Waals surface area contributed by atoms with Gasteiger partial charge in [0.25, 0.3) is 5.56 Å². The Morgan fingerprint density at radius 1 is 1.37 bits per heavy atom. The van der Waals surface area contributed by atoms with Crippen LogP contribution >= 0.6 is 34.4 Å². The number of nitrogens with zero attached hydrogens (tertiary/aromatic N) is 3. The first kappa shape index (κ1) is 21.2. The SMILES string of the molecule is CCOC(=O)Cc1nnc(SCC(=O)Nc2ccc(I)cc2C)n(N)c1=O. The second kappa shape index (κ2) is 9.69. The molecule has 0 aliphatic rings. The molecule has 11 heteroatoms. The third-order valence-corrected chi connectivity index (χ3v) is 4.95. The zero-order valence-corrected chi connectivity index (χ0v) is 17.7. The van der Waals surface area contributed by atoms with Crippen LogP contribution in [0.2, 0.25) is 0 Å². The molecule has 0 saturated heterocycles. The Hall–Kier alpha value is -2.15. The molecule has 2 rings (SSSR count). The number of nitrogen functional groups attached to an aromatic ring is 1. The number of aryl methyl sites for hydroxylation is 1. The fourth-order valence-corrected chi connectivity index (χ4v) is 3.36. The summed E-state index contributed by atoms with van der Waals surface area (Å²) in [5, 5.41) is 10.4. The number of thioether (sulfide) groups is 1. The molecule has 1 heterocycles. The van der Waals surface area contributed by atoms with Crippen LogP contribution in [0.25, 0.3) is 0 Å². The maximum absolute atomic E-state index is 12.2. The molecule has 1 aromatic heterocycles. The van der Waals surface area contributed by atoms with Crippen molar-refractivity contribution < 1.29 is 14.3 Å². The van der Waals surface area contributed by atoms with E-state index < -0.39 is 11.5 Å². The van der Waals surface area contributed by atoms with Crippen molar-refractivity contribution in [3.63, 3.8) is 0 Å². The maximum Gasteiger partial charge on any atom is 0.312 e. The number of nitrogens with two attached hydrogens (primary N) is 1. The molecule has 1 amide bonds. The maximum atomic E-state index is 12.2. The Kier molecular flexibility index (Phi) is 7.59. The minimum atomic E-state index is -0.658. The topological polar surface area (TPSA) is 129 Å². The lowest BCUT2D eigenvalue weighted by Crippen LogP contribution is -2.35. The van der Waals surface area contributed by atoms with E-state index in [-0.39, 0.29) is 35.5 Å². The molecule has 0 aliphatic carbocycles. The molecular formula is C16H18IN5O4S. The predicted octanol–water partition coefficient (Wildman–Crippen LogP) is 1.10. The van der Waals surface area contributed by atoms with Gasteiger partial charge in [-0.15, -0.1) is 10.2 Å². The first-order valence-electron chi connectivity index (χ1n) is 7.90. The largest absolute Gasteiger partial charge is 0.466 e. The Bertz CT molecular complexity index is 918. The van der Waals surface area contributed by atoms with Crippen LogP contribution in [0.1, 0.15) is 18.2 Å². The summed E-state index contributed by atoms with van der Waals surface area (Å²) in [6.07, 6.45) is -0.311. The minimum absolute atomic E-state index is 0.00598. The van der Waals surface area contributed by atoms with Gasteiger partial charge in [0.15, 0.2) is 0 Å². The molecule has 0 bridgehead atoms. The van der Waals surface area contributed by atoms with Crippen molar-refractivity contribution >= 4 is 51.9 Å². The number of aromatic nitrogens is 3. The normalized spacial score (nSPS) is 10.5. The van der Waals surface area contributed by atoms with Crippen LogP contribution in [0.15, 0.2) is 28.2 Å². The van der Waals surface area contributed by atoms with Crippen molar-refractivity contribution in [2.75, 3.05) is 23.5 Å². The number of benzene rings is 1. The summed E-state index contributed by atoms with van der Waals surface area (Å²) in [5.41, 5.74) is 0.884. The van der Waals surface area contributed by atoms with Crippen LogP contribution in [-0.4, -0.2) is 39.1 Å². The van der Waals surface area contributed by atoms with Crippen molar-refractivity contribution in [2.45, 2.75) is 25.4 Å². The van der Waals surface area contributed by atoms with E-state index in [0.717, 1.165) is 25.6 Å². The van der Waals surface area contributed by atoms with Gasteiger partial charge in [-0.2, -0.15) is 4.68 Å². The average Bonchev–Trinajstić information content (AvgIpc) is 2.61. The molecule has 0 aliphatic heterocycles. The van der Waals surface area contributed by atoms with Crippen molar-refractivity contribution in [3.05, 3.63) is 43.4 Å². The molecule has 1 aromatic carbocycles. The number of anilines is 1. The molecule has 144 valence electrons. The average molecular weight is 503 g/mol. The number of hydrogen-bond donors (Lipinski definition) is 2. The molecule has 0 spiro atoms. The number of ether oxygens (including phenoxy) is 1. The number of esters is 1. The van der Waals surface area contributed by atoms with Gasteiger partial charge in [-0.25, -0.2) is 0 Å². The number of nitrogens with one attached hydrogen (secondary N) is 1. The summed E-state index contributed by atoms with van der Waals surface area (Å²) >= 11 is 3.16. The highest BCUT2D eigenvalue weighted by molar-refractivity contribution is 14.1. The first-order valence-corrected chi connectivity index (χ1v) is 9.96. The molecule has 9 nitrogen and oxygen atoms in total. The van der Waals surface area contributed by atoms with Gasteiger partial charge < -0.3 is 15.9 Å². The van der Waals surface area contributed by atoms with Gasteiger partial charge in [0.05, 0.1) is 18.8 Å². The highest BCUT2D eigenvalue weighted by Crippen LogP contribution is 2.19. The van der Waals surface area contributed by atoms with Gasteiger partial charge >= 0.3 is 5.97 Å². The van der Waals surface area contributed by atoms with Crippen LogP contribution in [-0.2, 0) is 20.7 Å². The number of halogens is 1. The first-order chi connectivity index (χ1) is 12.8. The second-order valence-electron chi connectivity index (χ2n) is 5.38. The number of amides is 1. The van der Waals surface area contributed by atoms with Crippen LogP contribution in [0.5, 0.6) is 0 Å². The summed E-state index contributed by atoms with van der Waals surface area (Å²) < 4.78 is 6.61. The molecule has 2 aromatic rings. The zero-order valence-electron chi connectivity index (χ0n) is 14.7. The van der Waals surface area contributed by atoms with Crippen molar-refractivity contribution in [1.29, 1.82) is 0 Å². The fourth-order valence-electron chi connectivity index (χ4n) is 2.06. The summed E-state index contributed by atoms with van der Waals surface area (Å²) in [5.74, 6) is 4.85. The van der Waals surface area contributed by atoms with E-state index in [0.29, 0.717) is 5.69 Å². The summed E-state index contributed by atoms with van der Waals surface area (Å²) in [7, 11) is 0. The summed E-state index contributed by atoms with van der Waals surface area (Å²) in [4.78, 5) is 35.7. The van der Waals surface area contributed by atoms with E-state index in [1.54, 1.807) is 6.92 Å². The molecule has 0 radical (unpaired) electrons. The van der Waals surface area contributed by atoms with Gasteiger partial charge in [-0.05, 0) is 60.2 Å². The van der Waals surface area contributed by atoms with E-state index in [1.165, 1.54) is 0 Å². The van der Waals surface area contributed by atoms with Crippen molar-refractivity contribution in [3.8, 4) is 0 Å². The van der Waals surface area contributed by atoms with Crippen LogP contribution in [0.4, 0.5) is 5.69 Å². The van der Waals surface area contributed by atoms with Gasteiger partial charge in [0, 0.05) is 9.26 Å². The second-order valence-corrected chi connectivity index (χ2v) is 7.57. The molecule has 27 heavy (non-hydrogen) atoms. The van der Waals surface area contributed by atoms with E-state index in [9.17, 15) is 14.4 Å². The highest BCUT2D eigenvalue weighted by Gasteiger charge is 2.16. The van der Waals surface area contributed by atoms with E-state index in [4.69, 9.17) is 10.6 Å². The Morgan fingerprint density at radius 2 is 2.11 bits per heavy atom. The van der Waals surface area contributed by atoms with Crippen molar-refractivity contribution in [1.82, 2.24) is 14.9 Å². The number of rotatable bonds is 7. The van der Waals surface area contributed by atoms with E-state index in [2.05, 4.69) is 38.1 Å². The predicted molar refractivity (Wildman–Crippen MR) is 110 cm³/mol. The van der Waals surface area contributed by atoms with Gasteiger partial charge in [0.1, 0.15) is 5.69 Å². The fraction of sp³-hybridized carbons (Fsp3) is 0.312. The van der Waals surface area contributed by atoms with Crippen LogP contribution in [0.3, 0.4) is 0 Å². The van der Waals surface area contributed by atoms with Gasteiger partial charge in [-0.1, -0.05) is 11.8 Å². The molecule has 0 saturated carbocycles. The van der Waals surface area contributed by atoms with Crippen LogP contribution in [0, 0.1) is 10.5 Å². The Labute approximate surface area is 173 Å². The molecule has 0 fully saturated rings. The number of carbonyl (C=O) groups excluding carboxylic acids is 2. The lowest BCUT2D eigenvalue weighted by Gasteiger charge is -2.09. The molecular weight excluding hydrogens is 485 g/mol. The van der Waals surface area contributed by atoms with Gasteiger partial charge in [-0.3, -0.25) is 14.4 Å². The minimum Gasteiger partial charge on any atom is -0.466 e. The smallest absolute Gasteiger partial charge is 0.312 e. The number of hydrogen-bond acceptors (Lipinski definition) is 8. The van der Waals surface area contributed by atoms with E-state index in [1.807, 2.05) is 25.1 Å². The summed E-state index contributed by atoms with van der Waals surface area (Å²) in [6.45, 7) is 3.76. The molecule has 0 unspecified atom stereocenters. The Morgan fingerprint density at radius 3 is 2.78 bits per heavy atom. The number of carbonyl (C=O) groups is 2. The van der Waals surface area contributed by atoms with Crippen molar-refractivity contribution in [2.24, 2.45) is 0 Å². The lowest BCUT2D eigenvalue weighted by molar-refractivity contribution is -0.142. The molecule has 0 atom stereocenters. The third-order valence-electron chi connectivity index (χ3n) is 3.34. The summed E-state index contributed by atoms with van der Waals surface area (Å²) in [6, 6.07) is 5.67. The Balaban J connectivity index is 2.01. The van der Waals surface area contributed by atoms with Crippen LogP contribution < -0.4 is 16.7 Å².